The quantitative estimate of drug-likeness (QED) is 0.286. The van der Waals surface area contributed by atoms with Crippen LogP contribution in [0.25, 0.3) is 0 Å². The lowest BCUT2D eigenvalue weighted by Crippen LogP contribution is -2.36. The normalized spacial score (nSPS) is 13.8. The molecule has 0 aliphatic rings. The van der Waals surface area contributed by atoms with E-state index >= 15 is 0 Å². The van der Waals surface area contributed by atoms with Gasteiger partial charge in [-0.05, 0) is 63.2 Å². The standard InChI is InChI=1S/C20H32ClFN6O2S2/c1-13(2)8-15(14(3)23)11-24-6-4-5-7-25-18-10-17(22)19(9-16(18)21)32(29,30)28-20-26-12-27-31-20/h9-10,12-15,24-25H,4-8,11,23H2,1-3H3,(H,26,27,28)/t14-,15?/m1/s1. The van der Waals surface area contributed by atoms with Gasteiger partial charge < -0.3 is 16.4 Å². The summed E-state index contributed by atoms with van der Waals surface area (Å²) < 4.78 is 45.2. The van der Waals surface area contributed by atoms with Gasteiger partial charge >= 0.3 is 0 Å². The Hall–Kier alpha value is -1.53. The molecule has 0 saturated heterocycles. The first-order chi connectivity index (χ1) is 15.1. The van der Waals surface area contributed by atoms with Crippen molar-refractivity contribution in [1.29, 1.82) is 0 Å². The predicted octanol–water partition coefficient (Wildman–Crippen LogP) is 3.92. The van der Waals surface area contributed by atoms with E-state index in [4.69, 9.17) is 17.3 Å². The second-order valence-electron chi connectivity index (χ2n) is 8.20. The van der Waals surface area contributed by atoms with Gasteiger partial charge in [0.05, 0.1) is 10.7 Å². The van der Waals surface area contributed by atoms with Crippen molar-refractivity contribution < 1.29 is 12.8 Å². The number of nitrogens with one attached hydrogen (secondary N) is 3. The summed E-state index contributed by atoms with van der Waals surface area (Å²) >= 11 is 7.04. The molecule has 2 rings (SSSR count). The Morgan fingerprint density at radius 3 is 2.56 bits per heavy atom. The molecule has 0 aliphatic carbocycles. The molecule has 5 N–H and O–H groups in total. The number of rotatable bonds is 14. The zero-order valence-electron chi connectivity index (χ0n) is 18.6. The third-order valence-corrected chi connectivity index (χ3v) is 7.29. The summed E-state index contributed by atoms with van der Waals surface area (Å²) in [5.74, 6) is 0.164. The van der Waals surface area contributed by atoms with Gasteiger partial charge in [-0.3, -0.25) is 4.72 Å². The van der Waals surface area contributed by atoms with E-state index in [9.17, 15) is 12.8 Å². The Bertz CT molecular complexity index is 942. The first kappa shape index (κ1) is 26.7. The highest BCUT2D eigenvalue weighted by Crippen LogP contribution is 2.29. The fraction of sp³-hybridized carbons (Fsp3) is 0.600. The van der Waals surface area contributed by atoms with Gasteiger partial charge in [0.1, 0.15) is 17.0 Å². The Labute approximate surface area is 198 Å². The number of unbranched alkanes of at least 4 members (excludes halogenated alkanes) is 1. The van der Waals surface area contributed by atoms with Crippen molar-refractivity contribution in [3.8, 4) is 0 Å². The van der Waals surface area contributed by atoms with Gasteiger partial charge in [-0.25, -0.2) is 17.8 Å². The molecule has 0 aliphatic heterocycles. The molecule has 32 heavy (non-hydrogen) atoms. The van der Waals surface area contributed by atoms with Crippen LogP contribution >= 0.6 is 23.1 Å². The minimum absolute atomic E-state index is 0.0489. The first-order valence-electron chi connectivity index (χ1n) is 10.6. The summed E-state index contributed by atoms with van der Waals surface area (Å²) in [4.78, 5) is 3.19. The number of benzene rings is 1. The molecule has 0 radical (unpaired) electrons. The van der Waals surface area contributed by atoms with E-state index in [1.165, 1.54) is 6.33 Å². The number of halogens is 2. The topological polar surface area (TPSA) is 122 Å². The van der Waals surface area contributed by atoms with Crippen LogP contribution in [-0.4, -0.2) is 43.5 Å². The van der Waals surface area contributed by atoms with E-state index in [0.717, 1.165) is 56.0 Å². The second-order valence-corrected chi connectivity index (χ2v) is 11.0. The molecule has 0 fully saturated rings. The number of nitrogens with zero attached hydrogens (tertiary/aromatic N) is 2. The third-order valence-electron chi connectivity index (χ3n) is 4.91. The molecule has 180 valence electrons. The fourth-order valence-electron chi connectivity index (χ4n) is 3.23. The van der Waals surface area contributed by atoms with Crippen molar-refractivity contribution in [1.82, 2.24) is 14.7 Å². The van der Waals surface area contributed by atoms with Gasteiger partial charge in [-0.1, -0.05) is 25.4 Å². The van der Waals surface area contributed by atoms with Gasteiger partial charge in [0.25, 0.3) is 10.0 Å². The average Bonchev–Trinajstić information content (AvgIpc) is 3.20. The fourth-order valence-corrected chi connectivity index (χ4v) is 5.28. The van der Waals surface area contributed by atoms with Crippen LogP contribution in [0.5, 0.6) is 0 Å². The molecule has 1 heterocycles. The number of hydrogen-bond donors (Lipinski definition) is 4. The molecule has 12 heteroatoms. The molecule has 1 unspecified atom stereocenters. The number of sulfonamides is 1. The predicted molar refractivity (Wildman–Crippen MR) is 129 cm³/mol. The van der Waals surface area contributed by atoms with E-state index in [-0.39, 0.29) is 16.2 Å². The summed E-state index contributed by atoms with van der Waals surface area (Å²) in [5.41, 5.74) is 6.42. The lowest BCUT2D eigenvalue weighted by atomic mass is 9.91. The van der Waals surface area contributed by atoms with Crippen molar-refractivity contribution in [3.05, 3.63) is 29.3 Å². The lowest BCUT2D eigenvalue weighted by molar-refractivity contribution is 0.342. The highest BCUT2D eigenvalue weighted by atomic mass is 35.5. The summed E-state index contributed by atoms with van der Waals surface area (Å²) in [6, 6.07) is 2.34. The maximum Gasteiger partial charge on any atom is 0.266 e. The monoisotopic (exact) mass is 506 g/mol. The van der Waals surface area contributed by atoms with Crippen LogP contribution < -0.4 is 21.1 Å². The van der Waals surface area contributed by atoms with Gasteiger partial charge in [-0.2, -0.15) is 4.37 Å². The van der Waals surface area contributed by atoms with Crippen molar-refractivity contribution in [2.45, 2.75) is 51.0 Å². The molecule has 2 aromatic rings. The highest BCUT2D eigenvalue weighted by molar-refractivity contribution is 7.93. The van der Waals surface area contributed by atoms with Crippen LogP contribution in [0.4, 0.5) is 15.2 Å². The van der Waals surface area contributed by atoms with E-state index in [0.29, 0.717) is 24.1 Å². The molecule has 0 saturated carbocycles. The third kappa shape index (κ3) is 8.43. The van der Waals surface area contributed by atoms with Gasteiger partial charge in [0.15, 0.2) is 0 Å². The Kier molecular flexibility index (Phi) is 10.6. The minimum Gasteiger partial charge on any atom is -0.384 e. The lowest BCUT2D eigenvalue weighted by Gasteiger charge is -2.23. The Morgan fingerprint density at radius 2 is 1.94 bits per heavy atom. The SMILES string of the molecule is CC(C)CC(CNCCCCNc1cc(F)c(S(=O)(=O)Nc2ncns2)cc1Cl)[C@@H](C)N. The molecule has 0 spiro atoms. The van der Waals surface area contributed by atoms with Crippen LogP contribution in [0, 0.1) is 17.7 Å². The van der Waals surface area contributed by atoms with Crippen molar-refractivity contribution in [3.63, 3.8) is 0 Å². The van der Waals surface area contributed by atoms with Crippen LogP contribution in [0.15, 0.2) is 23.4 Å². The van der Waals surface area contributed by atoms with Crippen LogP contribution in [0.1, 0.15) is 40.0 Å². The minimum atomic E-state index is -4.16. The molecule has 0 bridgehead atoms. The molecular formula is C20H32ClFN6O2S2. The maximum absolute atomic E-state index is 14.5. The van der Waals surface area contributed by atoms with E-state index in [1.807, 2.05) is 6.92 Å². The number of anilines is 2. The summed E-state index contributed by atoms with van der Waals surface area (Å²) in [7, 11) is -4.16. The number of aromatic nitrogens is 2. The zero-order valence-corrected chi connectivity index (χ0v) is 21.0. The van der Waals surface area contributed by atoms with Crippen molar-refractivity contribution >= 4 is 44.0 Å². The van der Waals surface area contributed by atoms with E-state index in [2.05, 4.69) is 38.6 Å². The zero-order chi connectivity index (χ0) is 23.7. The molecular weight excluding hydrogens is 475 g/mol. The molecule has 0 amide bonds. The van der Waals surface area contributed by atoms with Crippen LogP contribution in [-0.2, 0) is 10.0 Å². The number of hydrogen-bond acceptors (Lipinski definition) is 8. The second kappa shape index (κ2) is 12.6. The first-order valence-corrected chi connectivity index (χ1v) is 13.2. The van der Waals surface area contributed by atoms with E-state index in [1.54, 1.807) is 0 Å². The smallest absolute Gasteiger partial charge is 0.266 e. The highest BCUT2D eigenvalue weighted by Gasteiger charge is 2.22. The Morgan fingerprint density at radius 1 is 1.22 bits per heavy atom. The summed E-state index contributed by atoms with van der Waals surface area (Å²) in [6.07, 6.45) is 4.07. The molecule has 1 aromatic heterocycles. The van der Waals surface area contributed by atoms with Gasteiger partial charge in [-0.15, -0.1) is 0 Å². The van der Waals surface area contributed by atoms with E-state index < -0.39 is 20.7 Å². The molecule has 8 nitrogen and oxygen atoms in total. The largest absolute Gasteiger partial charge is 0.384 e. The summed E-state index contributed by atoms with van der Waals surface area (Å²) in [6.45, 7) is 8.78. The van der Waals surface area contributed by atoms with Crippen LogP contribution in [0.3, 0.4) is 0 Å². The summed E-state index contributed by atoms with van der Waals surface area (Å²) in [5, 5.41) is 6.69. The number of nitrogens with two attached hydrogens (primary N) is 1. The molecule has 1 aromatic carbocycles. The van der Waals surface area contributed by atoms with Gasteiger partial charge in [0, 0.05) is 24.1 Å². The van der Waals surface area contributed by atoms with Crippen molar-refractivity contribution in [2.75, 3.05) is 29.7 Å². The van der Waals surface area contributed by atoms with Crippen molar-refractivity contribution in [2.24, 2.45) is 17.6 Å². The average molecular weight is 507 g/mol. The van der Waals surface area contributed by atoms with Gasteiger partial charge in [0.2, 0.25) is 5.13 Å². The Balaban J connectivity index is 1.80. The molecule has 2 atom stereocenters. The maximum atomic E-state index is 14.5. The van der Waals surface area contributed by atoms with Crippen LogP contribution in [0.2, 0.25) is 5.02 Å².